The van der Waals surface area contributed by atoms with E-state index >= 15 is 0 Å². The van der Waals surface area contributed by atoms with Crippen molar-refractivity contribution in [1.29, 1.82) is 10.5 Å². The van der Waals surface area contributed by atoms with Crippen LogP contribution in [0.4, 0.5) is 0 Å². The molecule has 0 unspecified atom stereocenters. The van der Waals surface area contributed by atoms with Crippen molar-refractivity contribution in [3.8, 4) is 12.1 Å². The molecule has 1 aliphatic heterocycles. The Morgan fingerprint density at radius 1 is 1.19 bits per heavy atom. The third-order valence-corrected chi connectivity index (χ3v) is 4.42. The van der Waals surface area contributed by atoms with Crippen molar-refractivity contribution in [3.05, 3.63) is 45.9 Å². The van der Waals surface area contributed by atoms with Crippen LogP contribution in [-0.2, 0) is 0 Å². The van der Waals surface area contributed by atoms with E-state index in [2.05, 4.69) is 6.07 Å². The Bertz CT molecular complexity index is 567. The third kappa shape index (κ3) is 1.79. The van der Waals surface area contributed by atoms with E-state index in [9.17, 15) is 0 Å². The molecule has 0 bridgehead atoms. The van der Waals surface area contributed by atoms with Crippen LogP contribution < -0.4 is 4.46 Å². The van der Waals surface area contributed by atoms with Gasteiger partial charge in [0.15, 0.2) is 0 Å². The molecule has 0 radical (unpaired) electrons. The number of allylic oxidation sites excluding steroid dienone is 4. The van der Waals surface area contributed by atoms with E-state index in [0.29, 0.717) is 15.0 Å². The fourth-order valence-electron chi connectivity index (χ4n) is 1.61. The molecule has 1 aromatic carbocycles. The summed E-state index contributed by atoms with van der Waals surface area (Å²) in [6.45, 7) is 2.04. The minimum atomic E-state index is 0.197. The standard InChI is InChI=1S/C13H8N2Se/c1-9-6-12(10(7-14)8-15)11-4-2-3-5-13(11)16-9/h2-6H,1H3. The second-order valence-electron chi connectivity index (χ2n) is 3.37. The zero-order valence-corrected chi connectivity index (χ0v) is 10.4. The molecule has 2 rings (SSSR count). The van der Waals surface area contributed by atoms with Crippen molar-refractivity contribution in [2.45, 2.75) is 6.92 Å². The van der Waals surface area contributed by atoms with E-state index in [4.69, 9.17) is 10.5 Å². The Kier molecular flexibility index (Phi) is 2.93. The summed E-state index contributed by atoms with van der Waals surface area (Å²) >= 11 is 0.316. The molecule has 0 saturated carbocycles. The molecule has 2 nitrogen and oxygen atoms in total. The Morgan fingerprint density at radius 3 is 2.56 bits per heavy atom. The summed E-state index contributed by atoms with van der Waals surface area (Å²) < 4.78 is 2.48. The van der Waals surface area contributed by atoms with Crippen molar-refractivity contribution in [2.24, 2.45) is 0 Å². The van der Waals surface area contributed by atoms with Gasteiger partial charge in [-0.3, -0.25) is 0 Å². The van der Waals surface area contributed by atoms with Crippen LogP contribution in [0.1, 0.15) is 12.5 Å². The van der Waals surface area contributed by atoms with Gasteiger partial charge >= 0.3 is 101 Å². The summed E-state index contributed by atoms with van der Waals surface area (Å²) in [6, 6.07) is 11.9. The molecule has 0 amide bonds. The summed E-state index contributed by atoms with van der Waals surface area (Å²) in [7, 11) is 0. The molecule has 0 fully saturated rings. The van der Waals surface area contributed by atoms with Gasteiger partial charge in [0.1, 0.15) is 0 Å². The average Bonchev–Trinajstić information content (AvgIpc) is 2.30. The van der Waals surface area contributed by atoms with Crippen LogP contribution in [0.25, 0.3) is 5.57 Å². The normalized spacial score (nSPS) is 13.2. The first-order chi connectivity index (χ1) is 7.76. The fourth-order valence-corrected chi connectivity index (χ4v) is 3.62. The van der Waals surface area contributed by atoms with Crippen LogP contribution in [0.5, 0.6) is 0 Å². The number of hydrogen-bond acceptors (Lipinski definition) is 2. The van der Waals surface area contributed by atoms with Crippen LogP contribution in [0.2, 0.25) is 0 Å². The first-order valence-electron chi connectivity index (χ1n) is 4.76. The number of nitriles is 2. The maximum absolute atomic E-state index is 8.94. The van der Waals surface area contributed by atoms with Crippen molar-refractivity contribution < 1.29 is 0 Å². The van der Waals surface area contributed by atoms with Gasteiger partial charge in [0.05, 0.1) is 0 Å². The zero-order chi connectivity index (χ0) is 11.5. The number of nitrogens with zero attached hydrogens (tertiary/aromatic N) is 2. The SMILES string of the molecule is CC1=CC(=C(C#N)C#N)c2ccccc2[Se]1. The second-order valence-corrected chi connectivity index (χ2v) is 6.07. The number of hydrogen-bond donors (Lipinski definition) is 0. The summed E-state index contributed by atoms with van der Waals surface area (Å²) in [4.78, 5) is 0. The van der Waals surface area contributed by atoms with Gasteiger partial charge in [-0.25, -0.2) is 0 Å². The van der Waals surface area contributed by atoms with Crippen molar-refractivity contribution in [3.63, 3.8) is 0 Å². The van der Waals surface area contributed by atoms with E-state index in [1.165, 1.54) is 8.93 Å². The minimum absolute atomic E-state index is 0.197. The molecule has 16 heavy (non-hydrogen) atoms. The van der Waals surface area contributed by atoms with E-state index < -0.39 is 0 Å². The van der Waals surface area contributed by atoms with Gasteiger partial charge in [-0.2, -0.15) is 0 Å². The summed E-state index contributed by atoms with van der Waals surface area (Å²) in [5, 5.41) is 17.9. The second kappa shape index (κ2) is 4.37. The van der Waals surface area contributed by atoms with Crippen molar-refractivity contribution in [2.75, 3.05) is 0 Å². The molecule has 1 aliphatic rings. The first-order valence-corrected chi connectivity index (χ1v) is 6.47. The quantitative estimate of drug-likeness (QED) is 0.533. The summed E-state index contributed by atoms with van der Waals surface area (Å²) in [5.41, 5.74) is 2.00. The van der Waals surface area contributed by atoms with Gasteiger partial charge in [0, 0.05) is 0 Å². The number of rotatable bonds is 0. The van der Waals surface area contributed by atoms with Gasteiger partial charge in [0.25, 0.3) is 0 Å². The molecule has 0 aromatic heterocycles. The van der Waals surface area contributed by atoms with Gasteiger partial charge in [-0.05, 0) is 0 Å². The molecular formula is C13H8N2Se. The Labute approximate surface area is 101 Å². The monoisotopic (exact) mass is 272 g/mol. The average molecular weight is 271 g/mol. The molecule has 76 valence electrons. The van der Waals surface area contributed by atoms with E-state index in [1.807, 2.05) is 43.3 Å². The van der Waals surface area contributed by atoms with Crippen molar-refractivity contribution >= 4 is 25.0 Å². The maximum atomic E-state index is 8.94. The van der Waals surface area contributed by atoms with Crippen LogP contribution in [0.15, 0.2) is 40.4 Å². The Hall–Kier alpha value is -1.80. The molecule has 1 heterocycles. The Balaban J connectivity index is 2.72. The van der Waals surface area contributed by atoms with E-state index in [-0.39, 0.29) is 5.57 Å². The zero-order valence-electron chi connectivity index (χ0n) is 8.69. The van der Waals surface area contributed by atoms with E-state index in [0.717, 1.165) is 11.1 Å². The summed E-state index contributed by atoms with van der Waals surface area (Å²) in [5.74, 6) is 0. The molecular weight excluding hydrogens is 263 g/mol. The van der Waals surface area contributed by atoms with Crippen LogP contribution in [-0.4, -0.2) is 15.0 Å². The van der Waals surface area contributed by atoms with E-state index in [1.54, 1.807) is 0 Å². The van der Waals surface area contributed by atoms with Gasteiger partial charge < -0.3 is 0 Å². The molecule has 3 heteroatoms. The predicted molar refractivity (Wildman–Crippen MR) is 63.7 cm³/mol. The molecule has 0 atom stereocenters. The van der Waals surface area contributed by atoms with Crippen LogP contribution in [0.3, 0.4) is 0 Å². The number of benzene rings is 1. The summed E-state index contributed by atoms with van der Waals surface area (Å²) in [6.07, 6.45) is 1.96. The molecule has 0 saturated heterocycles. The fraction of sp³-hybridized carbons (Fsp3) is 0.0769. The molecule has 0 spiro atoms. The molecule has 1 aromatic rings. The topological polar surface area (TPSA) is 47.6 Å². The first kappa shape index (κ1) is 10.7. The number of fused-ring (bicyclic) bond motifs is 1. The van der Waals surface area contributed by atoms with Crippen LogP contribution in [0, 0.1) is 22.7 Å². The molecule has 0 aliphatic carbocycles. The van der Waals surface area contributed by atoms with Gasteiger partial charge in [-0.15, -0.1) is 0 Å². The van der Waals surface area contributed by atoms with Crippen molar-refractivity contribution in [1.82, 2.24) is 0 Å². The van der Waals surface area contributed by atoms with Gasteiger partial charge in [0.2, 0.25) is 0 Å². The van der Waals surface area contributed by atoms with Gasteiger partial charge in [-0.1, -0.05) is 0 Å². The molecule has 0 N–H and O–H groups in total. The van der Waals surface area contributed by atoms with Crippen LogP contribution >= 0.6 is 0 Å². The predicted octanol–water partition coefficient (Wildman–Crippen LogP) is 1.73. The Morgan fingerprint density at radius 2 is 1.88 bits per heavy atom. The third-order valence-electron chi connectivity index (χ3n) is 2.29.